The summed E-state index contributed by atoms with van der Waals surface area (Å²) >= 11 is 0. The van der Waals surface area contributed by atoms with Crippen molar-refractivity contribution in [1.82, 2.24) is 9.13 Å². The summed E-state index contributed by atoms with van der Waals surface area (Å²) in [5, 5.41) is 14.5. The van der Waals surface area contributed by atoms with Crippen LogP contribution in [-0.4, -0.2) is 9.13 Å². The number of nitrogens with zero attached hydrogens (tertiary/aromatic N) is 4. The van der Waals surface area contributed by atoms with E-state index in [1.165, 1.54) is 32.7 Å². The van der Waals surface area contributed by atoms with Crippen molar-refractivity contribution < 1.29 is 0 Å². The van der Waals surface area contributed by atoms with Crippen molar-refractivity contribution >= 4 is 49.3 Å². The lowest BCUT2D eigenvalue weighted by molar-refractivity contribution is 1.10. The van der Waals surface area contributed by atoms with Crippen molar-refractivity contribution in [3.05, 3.63) is 149 Å². The highest BCUT2D eigenvalue weighted by molar-refractivity contribution is 6.12. The lowest BCUT2D eigenvalue weighted by atomic mass is 9.97. The molecule has 4 heteroatoms. The zero-order valence-electron chi connectivity index (χ0n) is 25.3. The first-order valence-electron chi connectivity index (χ1n) is 15.0. The van der Waals surface area contributed by atoms with Crippen molar-refractivity contribution in [2.45, 2.75) is 20.8 Å². The van der Waals surface area contributed by atoms with E-state index >= 15 is 0 Å². The SMILES string of the molecule is [C-]#[N+]c1cc(-n2c3ccccc3c3cc(C)ccc32)c(-n2c3ccccc3c3cc(C)ccc32)cc1-c1cc(C)cc(C#N)c1. The average Bonchev–Trinajstić information content (AvgIpc) is 3.55. The van der Waals surface area contributed by atoms with Crippen molar-refractivity contribution in [3.8, 4) is 28.6 Å². The van der Waals surface area contributed by atoms with Gasteiger partial charge in [0.1, 0.15) is 0 Å². The predicted octanol–water partition coefficient (Wildman–Crippen LogP) is 10.9. The fourth-order valence-electron chi connectivity index (χ4n) is 6.94. The quantitative estimate of drug-likeness (QED) is 0.193. The number of nitriles is 1. The zero-order chi connectivity index (χ0) is 30.8. The van der Waals surface area contributed by atoms with E-state index in [-0.39, 0.29) is 0 Å². The molecule has 212 valence electrons. The summed E-state index contributed by atoms with van der Waals surface area (Å²) in [5.41, 5.74) is 12.4. The van der Waals surface area contributed by atoms with Gasteiger partial charge in [-0.2, -0.15) is 5.26 Å². The van der Waals surface area contributed by atoms with Gasteiger partial charge < -0.3 is 9.13 Å². The van der Waals surface area contributed by atoms with Crippen molar-refractivity contribution in [2.24, 2.45) is 0 Å². The summed E-state index contributed by atoms with van der Waals surface area (Å²) in [7, 11) is 0. The van der Waals surface area contributed by atoms with Crippen LogP contribution in [0.2, 0.25) is 0 Å². The van der Waals surface area contributed by atoms with Crippen LogP contribution in [0.4, 0.5) is 5.69 Å². The molecule has 0 atom stereocenters. The van der Waals surface area contributed by atoms with Gasteiger partial charge in [0.15, 0.2) is 5.69 Å². The average molecular weight is 577 g/mol. The van der Waals surface area contributed by atoms with Crippen LogP contribution in [0.1, 0.15) is 22.3 Å². The number of para-hydroxylation sites is 2. The lowest BCUT2D eigenvalue weighted by Gasteiger charge is -2.20. The topological polar surface area (TPSA) is 38.0 Å². The van der Waals surface area contributed by atoms with Gasteiger partial charge in [0.2, 0.25) is 0 Å². The van der Waals surface area contributed by atoms with E-state index in [9.17, 15) is 5.26 Å². The fourth-order valence-corrected chi connectivity index (χ4v) is 6.94. The fraction of sp³-hybridized carbons (Fsp3) is 0.0732. The van der Waals surface area contributed by atoms with Gasteiger partial charge in [-0.3, -0.25) is 0 Å². The molecular weight excluding hydrogens is 548 g/mol. The number of rotatable bonds is 3. The molecule has 0 amide bonds. The number of hydrogen-bond acceptors (Lipinski definition) is 1. The molecule has 0 unspecified atom stereocenters. The van der Waals surface area contributed by atoms with E-state index in [1.807, 2.05) is 25.1 Å². The van der Waals surface area contributed by atoms with Crippen molar-refractivity contribution in [3.63, 3.8) is 0 Å². The third-order valence-electron chi connectivity index (χ3n) is 8.87. The Morgan fingerprint density at radius 2 is 1.09 bits per heavy atom. The molecule has 0 aliphatic carbocycles. The van der Waals surface area contributed by atoms with Gasteiger partial charge in [-0.05, 0) is 98.1 Å². The number of benzene rings is 6. The Labute approximate surface area is 261 Å². The molecule has 0 radical (unpaired) electrons. The molecule has 0 saturated heterocycles. The third kappa shape index (κ3) is 4.04. The second kappa shape index (κ2) is 9.98. The molecule has 0 bridgehead atoms. The standard InChI is InChI=1S/C41H28N4/c1-25-13-15-38-33(19-25)30-9-5-7-11-36(30)44(38)40-22-32(29-18-27(3)17-28(21-29)24-42)35(43-4)23-41(40)45-37-12-8-6-10-31(37)34-20-26(2)14-16-39(34)45/h5-23H,1-3H3. The maximum Gasteiger partial charge on any atom is 0.197 e. The van der Waals surface area contributed by atoms with E-state index in [0.29, 0.717) is 11.3 Å². The van der Waals surface area contributed by atoms with Gasteiger partial charge in [-0.25, -0.2) is 4.85 Å². The second-order valence-corrected chi connectivity index (χ2v) is 11.9. The molecule has 2 aromatic heterocycles. The first kappa shape index (κ1) is 26.5. The Morgan fingerprint density at radius 1 is 0.556 bits per heavy atom. The normalized spacial score (nSPS) is 11.4. The van der Waals surface area contributed by atoms with Crippen LogP contribution >= 0.6 is 0 Å². The third-order valence-corrected chi connectivity index (χ3v) is 8.87. The smallest absolute Gasteiger partial charge is 0.197 e. The van der Waals surface area contributed by atoms with E-state index in [2.05, 4.69) is 131 Å². The summed E-state index contributed by atoms with van der Waals surface area (Å²) in [5.74, 6) is 0. The van der Waals surface area contributed by atoms with Crippen LogP contribution in [-0.2, 0) is 0 Å². The Kier molecular flexibility index (Phi) is 5.88. The monoisotopic (exact) mass is 576 g/mol. The highest BCUT2D eigenvalue weighted by atomic mass is 15.1. The first-order valence-corrected chi connectivity index (χ1v) is 15.0. The molecule has 8 aromatic rings. The van der Waals surface area contributed by atoms with Crippen LogP contribution < -0.4 is 0 Å². The van der Waals surface area contributed by atoms with Gasteiger partial charge in [-0.1, -0.05) is 65.7 Å². The highest BCUT2D eigenvalue weighted by Gasteiger charge is 2.22. The van der Waals surface area contributed by atoms with Crippen LogP contribution in [0.15, 0.2) is 115 Å². The number of aryl methyl sites for hydroxylation is 3. The van der Waals surface area contributed by atoms with Crippen molar-refractivity contribution in [2.75, 3.05) is 0 Å². The van der Waals surface area contributed by atoms with Gasteiger partial charge in [0, 0.05) is 21.5 Å². The lowest BCUT2D eigenvalue weighted by Crippen LogP contribution is -2.04. The van der Waals surface area contributed by atoms with Gasteiger partial charge >= 0.3 is 0 Å². The maximum absolute atomic E-state index is 9.80. The van der Waals surface area contributed by atoms with E-state index in [4.69, 9.17) is 6.57 Å². The van der Waals surface area contributed by atoms with Crippen LogP contribution in [0.3, 0.4) is 0 Å². The molecule has 2 heterocycles. The minimum absolute atomic E-state index is 0.540. The maximum atomic E-state index is 9.80. The van der Waals surface area contributed by atoms with Gasteiger partial charge in [0.25, 0.3) is 0 Å². The molecule has 0 aliphatic rings. The molecule has 4 nitrogen and oxygen atoms in total. The van der Waals surface area contributed by atoms with Crippen molar-refractivity contribution in [1.29, 1.82) is 5.26 Å². The minimum atomic E-state index is 0.540. The molecule has 0 spiro atoms. The number of aromatic nitrogens is 2. The van der Waals surface area contributed by atoms with Crippen LogP contribution in [0.5, 0.6) is 0 Å². The summed E-state index contributed by atoms with van der Waals surface area (Å²) in [6, 6.07) is 42.6. The summed E-state index contributed by atoms with van der Waals surface area (Å²) < 4.78 is 4.65. The molecule has 45 heavy (non-hydrogen) atoms. The van der Waals surface area contributed by atoms with Gasteiger partial charge in [-0.15, -0.1) is 0 Å². The molecule has 0 saturated carbocycles. The largest absolute Gasteiger partial charge is 0.308 e. The first-order chi connectivity index (χ1) is 21.9. The molecule has 8 rings (SSSR count). The summed E-state index contributed by atoms with van der Waals surface area (Å²) in [4.78, 5) is 4.08. The second-order valence-electron chi connectivity index (χ2n) is 11.9. The van der Waals surface area contributed by atoms with Crippen LogP contribution in [0.25, 0.3) is 71.0 Å². The van der Waals surface area contributed by atoms with E-state index < -0.39 is 0 Å². The Hall–Kier alpha value is -6.10. The van der Waals surface area contributed by atoms with Gasteiger partial charge in [0.05, 0.1) is 51.6 Å². The number of hydrogen-bond donors (Lipinski definition) is 0. The zero-order valence-corrected chi connectivity index (χ0v) is 25.3. The summed E-state index contributed by atoms with van der Waals surface area (Å²) in [6.07, 6.45) is 0. The van der Waals surface area contributed by atoms with E-state index in [1.54, 1.807) is 0 Å². The number of fused-ring (bicyclic) bond motifs is 6. The minimum Gasteiger partial charge on any atom is -0.308 e. The molecule has 6 aromatic carbocycles. The van der Waals surface area contributed by atoms with E-state index in [0.717, 1.165) is 50.1 Å². The molecule has 0 aliphatic heterocycles. The highest BCUT2D eigenvalue weighted by Crippen LogP contribution is 2.43. The predicted molar refractivity (Wildman–Crippen MR) is 186 cm³/mol. The molecule has 0 fully saturated rings. The Balaban J connectivity index is 1.58. The summed E-state index contributed by atoms with van der Waals surface area (Å²) in [6.45, 7) is 14.6. The Bertz CT molecular complexity index is 2600. The van der Waals surface area contributed by atoms with Crippen LogP contribution in [0, 0.1) is 38.7 Å². The molecular formula is C41H28N4. The Morgan fingerprint density at radius 3 is 1.64 bits per heavy atom. The molecule has 0 N–H and O–H groups in total.